The summed E-state index contributed by atoms with van der Waals surface area (Å²) in [7, 11) is 0. The summed E-state index contributed by atoms with van der Waals surface area (Å²) >= 11 is 12.3. The first-order valence-electron chi connectivity index (χ1n) is 7.77. The fourth-order valence-electron chi connectivity index (χ4n) is 2.52. The molecule has 2 rings (SSSR count). The van der Waals surface area contributed by atoms with E-state index in [2.05, 4.69) is 0 Å². The van der Waals surface area contributed by atoms with Crippen LogP contribution in [0.5, 0.6) is 0 Å². The quantitative estimate of drug-likeness (QED) is 0.549. The first-order valence-corrected chi connectivity index (χ1v) is 8.75. The molecule has 0 N–H and O–H groups in total. The average molecular weight is 391 g/mol. The number of hydrogen-bond donors (Lipinski definition) is 0. The molecule has 1 aliphatic heterocycles. The van der Waals surface area contributed by atoms with Crippen molar-refractivity contribution in [1.82, 2.24) is 0 Å². The van der Waals surface area contributed by atoms with Crippen LogP contribution < -0.4 is 0 Å². The topological polar surface area (TPSA) is 71.1 Å². The molecular formula is C17H20Cl2O6. The Morgan fingerprint density at radius 2 is 1.72 bits per heavy atom. The molecule has 25 heavy (non-hydrogen) atoms. The SMILES string of the molecule is CC(=O)O[C@H]1O[C@H](CCl)[C@H](Cl)[C@H](OCc2ccccc2)[C@H]1OC(C)=O. The van der Waals surface area contributed by atoms with Crippen molar-refractivity contribution in [3.05, 3.63) is 35.9 Å². The van der Waals surface area contributed by atoms with Crippen molar-refractivity contribution in [2.45, 2.75) is 50.4 Å². The van der Waals surface area contributed by atoms with Gasteiger partial charge in [0.1, 0.15) is 6.10 Å². The van der Waals surface area contributed by atoms with E-state index < -0.39 is 41.9 Å². The van der Waals surface area contributed by atoms with E-state index in [1.54, 1.807) is 0 Å². The largest absolute Gasteiger partial charge is 0.453 e. The molecule has 1 aromatic rings. The van der Waals surface area contributed by atoms with Crippen molar-refractivity contribution in [2.75, 3.05) is 5.88 Å². The molecule has 1 heterocycles. The third-order valence-corrected chi connectivity index (χ3v) is 4.43. The molecule has 0 saturated carbocycles. The lowest BCUT2D eigenvalue weighted by atomic mass is 10.0. The Morgan fingerprint density at radius 3 is 2.28 bits per heavy atom. The van der Waals surface area contributed by atoms with Crippen molar-refractivity contribution in [3.8, 4) is 0 Å². The van der Waals surface area contributed by atoms with Crippen LogP contribution in [-0.4, -0.2) is 47.8 Å². The van der Waals surface area contributed by atoms with E-state index in [1.165, 1.54) is 13.8 Å². The van der Waals surface area contributed by atoms with Crippen LogP contribution in [0.3, 0.4) is 0 Å². The highest BCUT2D eigenvalue weighted by Crippen LogP contribution is 2.31. The fourth-order valence-corrected chi connectivity index (χ4v) is 3.24. The van der Waals surface area contributed by atoms with Gasteiger partial charge in [-0.1, -0.05) is 30.3 Å². The van der Waals surface area contributed by atoms with Crippen LogP contribution in [0.15, 0.2) is 30.3 Å². The normalized spacial score (nSPS) is 29.0. The highest BCUT2D eigenvalue weighted by atomic mass is 35.5. The third kappa shape index (κ3) is 5.57. The molecule has 8 heteroatoms. The minimum Gasteiger partial charge on any atom is -0.453 e. The monoisotopic (exact) mass is 390 g/mol. The zero-order chi connectivity index (χ0) is 18.4. The minimum absolute atomic E-state index is 0.0733. The van der Waals surface area contributed by atoms with Crippen LogP contribution in [0, 0.1) is 0 Å². The van der Waals surface area contributed by atoms with Crippen molar-refractivity contribution < 1.29 is 28.5 Å². The Balaban J connectivity index is 2.20. The molecule has 0 aromatic heterocycles. The first-order chi connectivity index (χ1) is 11.9. The predicted octanol–water partition coefficient (Wildman–Crippen LogP) is 2.64. The molecule has 1 aliphatic rings. The zero-order valence-electron chi connectivity index (χ0n) is 13.9. The Bertz CT molecular complexity index is 582. The molecule has 0 bridgehead atoms. The van der Waals surface area contributed by atoms with Gasteiger partial charge in [0.2, 0.25) is 6.29 Å². The molecule has 0 spiro atoms. The van der Waals surface area contributed by atoms with Gasteiger partial charge in [0.15, 0.2) is 6.10 Å². The van der Waals surface area contributed by atoms with Gasteiger partial charge >= 0.3 is 11.9 Å². The number of rotatable bonds is 6. The van der Waals surface area contributed by atoms with Gasteiger partial charge < -0.3 is 18.9 Å². The summed E-state index contributed by atoms with van der Waals surface area (Å²) in [4.78, 5) is 22.8. The molecule has 5 atom stereocenters. The van der Waals surface area contributed by atoms with Crippen LogP contribution in [0.2, 0.25) is 0 Å². The van der Waals surface area contributed by atoms with E-state index in [1.807, 2.05) is 30.3 Å². The average Bonchev–Trinajstić information content (AvgIpc) is 2.57. The summed E-state index contributed by atoms with van der Waals surface area (Å²) < 4.78 is 21.9. The predicted molar refractivity (Wildman–Crippen MR) is 91.4 cm³/mol. The molecule has 1 saturated heterocycles. The Morgan fingerprint density at radius 1 is 1.08 bits per heavy atom. The smallest absolute Gasteiger partial charge is 0.305 e. The van der Waals surface area contributed by atoms with Gasteiger partial charge in [-0.05, 0) is 5.56 Å². The number of esters is 2. The summed E-state index contributed by atoms with van der Waals surface area (Å²) in [5.74, 6) is -1.07. The highest BCUT2D eigenvalue weighted by molar-refractivity contribution is 6.23. The second-order valence-electron chi connectivity index (χ2n) is 5.59. The number of benzene rings is 1. The van der Waals surface area contributed by atoms with E-state index >= 15 is 0 Å². The number of carbonyl (C=O) groups is 2. The molecule has 0 amide bonds. The Labute approximate surface area is 156 Å². The van der Waals surface area contributed by atoms with Crippen LogP contribution in [0.4, 0.5) is 0 Å². The molecule has 6 nitrogen and oxygen atoms in total. The van der Waals surface area contributed by atoms with Crippen LogP contribution >= 0.6 is 23.2 Å². The molecule has 0 aliphatic carbocycles. The maximum Gasteiger partial charge on any atom is 0.305 e. The van der Waals surface area contributed by atoms with Crippen LogP contribution in [0.25, 0.3) is 0 Å². The minimum atomic E-state index is -1.14. The number of carbonyl (C=O) groups excluding carboxylic acids is 2. The van der Waals surface area contributed by atoms with E-state index in [4.69, 9.17) is 42.1 Å². The lowest BCUT2D eigenvalue weighted by Gasteiger charge is -2.42. The van der Waals surface area contributed by atoms with Gasteiger partial charge in [-0.25, -0.2) is 0 Å². The van der Waals surface area contributed by atoms with Crippen molar-refractivity contribution in [2.24, 2.45) is 0 Å². The van der Waals surface area contributed by atoms with Gasteiger partial charge in [-0.15, -0.1) is 23.2 Å². The fraction of sp³-hybridized carbons (Fsp3) is 0.529. The standard InChI is InChI=1S/C17H20Cl2O6/c1-10(20)23-16-15(22-9-12-6-4-3-5-7-12)14(19)13(8-18)25-17(16)24-11(2)21/h3-7,13-17H,8-9H2,1-2H3/t13-,14+,15+,16-,17+/m1/s1. The Hall–Kier alpha value is -1.34. The van der Waals surface area contributed by atoms with Crippen molar-refractivity contribution >= 4 is 35.1 Å². The summed E-state index contributed by atoms with van der Waals surface area (Å²) in [5.41, 5.74) is 0.922. The zero-order valence-corrected chi connectivity index (χ0v) is 15.4. The van der Waals surface area contributed by atoms with Gasteiger partial charge in [0.25, 0.3) is 0 Å². The second-order valence-corrected chi connectivity index (χ2v) is 6.40. The highest BCUT2D eigenvalue weighted by Gasteiger charge is 2.49. The molecule has 0 unspecified atom stereocenters. The molecule has 138 valence electrons. The van der Waals surface area contributed by atoms with Gasteiger partial charge in [-0.2, -0.15) is 0 Å². The number of ether oxygens (including phenoxy) is 4. The molecule has 1 fully saturated rings. The number of hydrogen-bond acceptors (Lipinski definition) is 6. The summed E-state index contributed by atoms with van der Waals surface area (Å²) in [6.45, 7) is 2.72. The van der Waals surface area contributed by atoms with Gasteiger partial charge in [-0.3, -0.25) is 9.59 Å². The van der Waals surface area contributed by atoms with Gasteiger partial charge in [0, 0.05) is 13.8 Å². The summed E-state index contributed by atoms with van der Waals surface area (Å²) in [5, 5.41) is -0.683. The lowest BCUT2D eigenvalue weighted by molar-refractivity contribution is -0.266. The van der Waals surface area contributed by atoms with Crippen molar-refractivity contribution in [1.29, 1.82) is 0 Å². The third-order valence-electron chi connectivity index (χ3n) is 3.59. The number of alkyl halides is 2. The lowest BCUT2D eigenvalue weighted by Crippen LogP contribution is -2.59. The summed E-state index contributed by atoms with van der Waals surface area (Å²) in [6, 6.07) is 9.45. The number of halogens is 2. The van der Waals surface area contributed by atoms with Gasteiger partial charge in [0.05, 0.1) is 24.0 Å². The van der Waals surface area contributed by atoms with E-state index in [9.17, 15) is 9.59 Å². The molecule has 0 radical (unpaired) electrons. The first kappa shape index (κ1) is 20.0. The maximum atomic E-state index is 11.5. The van der Waals surface area contributed by atoms with Crippen molar-refractivity contribution in [3.63, 3.8) is 0 Å². The second kappa shape index (κ2) is 9.38. The Kier molecular flexibility index (Phi) is 7.50. The summed E-state index contributed by atoms with van der Waals surface area (Å²) in [6.07, 6.45) is -3.51. The van der Waals surface area contributed by atoms with Crippen LogP contribution in [-0.2, 0) is 35.1 Å². The molecule has 1 aromatic carbocycles. The van der Waals surface area contributed by atoms with E-state index in [0.29, 0.717) is 0 Å². The van der Waals surface area contributed by atoms with E-state index in [-0.39, 0.29) is 12.5 Å². The van der Waals surface area contributed by atoms with E-state index in [0.717, 1.165) is 5.56 Å². The maximum absolute atomic E-state index is 11.5. The molecular weight excluding hydrogens is 371 g/mol. The van der Waals surface area contributed by atoms with Crippen LogP contribution in [0.1, 0.15) is 19.4 Å².